The highest BCUT2D eigenvalue weighted by molar-refractivity contribution is 9.10. The first kappa shape index (κ1) is 20.3. The van der Waals surface area contributed by atoms with E-state index in [1.807, 2.05) is 6.92 Å². The molecule has 0 aromatic heterocycles. The van der Waals surface area contributed by atoms with E-state index in [1.54, 1.807) is 30.3 Å². The summed E-state index contributed by atoms with van der Waals surface area (Å²) in [5, 5.41) is 12.7. The Morgan fingerprint density at radius 2 is 1.96 bits per heavy atom. The molecule has 9 heteroatoms. The molecular weight excluding hydrogens is 468 g/mol. The van der Waals surface area contributed by atoms with Crippen LogP contribution < -0.4 is 15.0 Å². The van der Waals surface area contributed by atoms with E-state index in [1.165, 1.54) is 17.0 Å². The van der Waals surface area contributed by atoms with E-state index in [9.17, 15) is 14.7 Å². The van der Waals surface area contributed by atoms with Crippen LogP contribution in [0.3, 0.4) is 0 Å². The number of carbonyl (C=O) groups excluding carboxylic acids is 2. The molecule has 0 radical (unpaired) electrons. The summed E-state index contributed by atoms with van der Waals surface area (Å²) in [4.78, 5) is 26.6. The van der Waals surface area contributed by atoms with Crippen LogP contribution in [0, 0.1) is 0 Å². The van der Waals surface area contributed by atoms with Crippen molar-refractivity contribution < 1.29 is 19.4 Å². The second-order valence-corrected chi connectivity index (χ2v) is 7.42. The molecule has 0 spiro atoms. The van der Waals surface area contributed by atoms with E-state index in [-0.39, 0.29) is 27.0 Å². The van der Waals surface area contributed by atoms with Gasteiger partial charge in [-0.1, -0.05) is 27.5 Å². The molecule has 1 heterocycles. The van der Waals surface area contributed by atoms with Crippen LogP contribution in [0.2, 0.25) is 5.02 Å². The second-order valence-electron chi connectivity index (χ2n) is 5.71. The number of amides is 2. The average molecular weight is 482 g/mol. The van der Waals surface area contributed by atoms with Gasteiger partial charge in [-0.25, -0.2) is 0 Å². The topological polar surface area (TPSA) is 78.9 Å². The summed E-state index contributed by atoms with van der Waals surface area (Å²) >= 11 is 14.4. The Bertz CT molecular complexity index is 1010. The highest BCUT2D eigenvalue weighted by atomic mass is 79.9. The zero-order valence-corrected chi connectivity index (χ0v) is 17.7. The lowest BCUT2D eigenvalue weighted by atomic mass is 10.1. The molecule has 1 aliphatic rings. The highest BCUT2D eigenvalue weighted by Gasteiger charge is 2.34. The number of phenols is 1. The first-order valence-corrected chi connectivity index (χ1v) is 9.72. The van der Waals surface area contributed by atoms with Crippen molar-refractivity contribution in [2.45, 2.75) is 6.92 Å². The van der Waals surface area contributed by atoms with E-state index in [4.69, 9.17) is 28.6 Å². The van der Waals surface area contributed by atoms with E-state index in [0.29, 0.717) is 22.5 Å². The average Bonchev–Trinajstić information content (AvgIpc) is 2.64. The maximum atomic E-state index is 13.0. The molecule has 2 N–H and O–H groups in total. The number of nitrogens with zero attached hydrogens (tertiary/aromatic N) is 1. The maximum absolute atomic E-state index is 13.0. The molecule has 0 atom stereocenters. The summed E-state index contributed by atoms with van der Waals surface area (Å²) in [6.45, 7) is 2.38. The van der Waals surface area contributed by atoms with Gasteiger partial charge in [0.1, 0.15) is 17.1 Å². The molecule has 2 aromatic rings. The van der Waals surface area contributed by atoms with Gasteiger partial charge in [-0.15, -0.1) is 0 Å². The number of halogens is 2. The van der Waals surface area contributed by atoms with Crippen LogP contribution in [0.5, 0.6) is 11.5 Å². The van der Waals surface area contributed by atoms with Gasteiger partial charge in [-0.05, 0) is 61.6 Å². The largest absolute Gasteiger partial charge is 0.506 e. The van der Waals surface area contributed by atoms with Crippen molar-refractivity contribution >= 4 is 68.4 Å². The van der Waals surface area contributed by atoms with Gasteiger partial charge in [-0.3, -0.25) is 19.8 Å². The number of benzene rings is 2. The van der Waals surface area contributed by atoms with Crippen LogP contribution in [0.4, 0.5) is 5.69 Å². The van der Waals surface area contributed by atoms with Crippen LogP contribution in [-0.4, -0.2) is 28.6 Å². The molecule has 2 aromatic carbocycles. The van der Waals surface area contributed by atoms with Crippen molar-refractivity contribution in [1.82, 2.24) is 5.32 Å². The SMILES string of the molecule is CCOc1ccc(N2C(=O)/C(=C\c3cc(Br)cc(Cl)c3O)C(=O)NC2=S)cc1. The zero-order chi connectivity index (χ0) is 20.4. The lowest BCUT2D eigenvalue weighted by Crippen LogP contribution is -2.54. The van der Waals surface area contributed by atoms with Crippen LogP contribution in [0.1, 0.15) is 12.5 Å². The Hall–Kier alpha value is -2.42. The number of anilines is 1. The molecule has 0 unspecified atom stereocenters. The third-order valence-electron chi connectivity index (χ3n) is 3.87. The fraction of sp³-hybridized carbons (Fsp3) is 0.105. The number of ether oxygens (including phenoxy) is 1. The Morgan fingerprint density at radius 1 is 1.29 bits per heavy atom. The minimum Gasteiger partial charge on any atom is -0.506 e. The lowest BCUT2D eigenvalue weighted by molar-refractivity contribution is -0.122. The van der Waals surface area contributed by atoms with Crippen molar-refractivity contribution in [3.63, 3.8) is 0 Å². The van der Waals surface area contributed by atoms with E-state index >= 15 is 0 Å². The molecule has 28 heavy (non-hydrogen) atoms. The summed E-state index contributed by atoms with van der Waals surface area (Å²) in [5.41, 5.74) is 0.505. The highest BCUT2D eigenvalue weighted by Crippen LogP contribution is 2.33. The molecule has 6 nitrogen and oxygen atoms in total. The number of phenolic OH excluding ortho intramolecular Hbond substituents is 1. The normalized spacial score (nSPS) is 15.8. The number of hydrogen-bond donors (Lipinski definition) is 2. The first-order chi connectivity index (χ1) is 13.3. The van der Waals surface area contributed by atoms with Crippen LogP contribution >= 0.6 is 39.7 Å². The Labute approximate surface area is 179 Å². The van der Waals surface area contributed by atoms with Crippen LogP contribution in [0.25, 0.3) is 6.08 Å². The smallest absolute Gasteiger partial charge is 0.270 e. The first-order valence-electron chi connectivity index (χ1n) is 8.14. The van der Waals surface area contributed by atoms with Crippen molar-refractivity contribution in [2.75, 3.05) is 11.5 Å². The molecule has 0 bridgehead atoms. The minimum absolute atomic E-state index is 0.0344. The van der Waals surface area contributed by atoms with E-state index in [2.05, 4.69) is 21.2 Å². The van der Waals surface area contributed by atoms with Gasteiger partial charge in [-0.2, -0.15) is 0 Å². The van der Waals surface area contributed by atoms with Crippen molar-refractivity contribution in [3.05, 3.63) is 57.0 Å². The summed E-state index contributed by atoms with van der Waals surface area (Å²) < 4.78 is 5.98. The lowest BCUT2D eigenvalue weighted by Gasteiger charge is -2.29. The summed E-state index contributed by atoms with van der Waals surface area (Å²) in [7, 11) is 0. The fourth-order valence-electron chi connectivity index (χ4n) is 2.60. The van der Waals surface area contributed by atoms with E-state index < -0.39 is 11.8 Å². The van der Waals surface area contributed by atoms with Gasteiger partial charge in [0.25, 0.3) is 11.8 Å². The van der Waals surface area contributed by atoms with Crippen LogP contribution in [-0.2, 0) is 9.59 Å². The number of nitrogens with one attached hydrogen (secondary N) is 1. The predicted octanol–water partition coefficient (Wildman–Crippen LogP) is 4.04. The summed E-state index contributed by atoms with van der Waals surface area (Å²) in [5.74, 6) is -0.866. The molecule has 1 saturated heterocycles. The van der Waals surface area contributed by atoms with E-state index in [0.717, 1.165) is 0 Å². The van der Waals surface area contributed by atoms with Gasteiger partial charge in [0.2, 0.25) is 0 Å². The molecule has 144 valence electrons. The maximum Gasteiger partial charge on any atom is 0.270 e. The number of hydrogen-bond acceptors (Lipinski definition) is 5. The van der Waals surface area contributed by atoms with Crippen molar-refractivity contribution in [1.29, 1.82) is 0 Å². The monoisotopic (exact) mass is 480 g/mol. The van der Waals surface area contributed by atoms with Gasteiger partial charge in [0.05, 0.1) is 17.3 Å². The van der Waals surface area contributed by atoms with Crippen molar-refractivity contribution in [2.24, 2.45) is 0 Å². The van der Waals surface area contributed by atoms with Gasteiger partial charge >= 0.3 is 0 Å². The summed E-state index contributed by atoms with van der Waals surface area (Å²) in [6, 6.07) is 9.78. The number of aromatic hydroxyl groups is 1. The minimum atomic E-state index is -0.660. The molecule has 1 aliphatic heterocycles. The molecule has 2 amide bonds. The molecular formula is C19H14BrClN2O4S. The zero-order valence-electron chi connectivity index (χ0n) is 14.5. The standard InChI is InChI=1S/C19H14BrClN2O4S/c1-2-27-13-5-3-12(4-6-13)23-18(26)14(17(25)22-19(23)28)8-10-7-11(20)9-15(21)16(10)24/h3-9,24H,2H2,1H3,(H,22,25,28)/b14-8-. The molecule has 0 aliphatic carbocycles. The van der Waals surface area contributed by atoms with Crippen molar-refractivity contribution in [3.8, 4) is 11.5 Å². The third-order valence-corrected chi connectivity index (χ3v) is 4.90. The fourth-order valence-corrected chi connectivity index (χ4v) is 3.72. The van der Waals surface area contributed by atoms with Gasteiger partial charge < -0.3 is 9.84 Å². The second kappa shape index (κ2) is 8.30. The predicted molar refractivity (Wildman–Crippen MR) is 115 cm³/mol. The Kier molecular flexibility index (Phi) is 6.02. The molecule has 1 fully saturated rings. The summed E-state index contributed by atoms with van der Waals surface area (Å²) in [6.07, 6.45) is 1.27. The van der Waals surface area contributed by atoms with Crippen LogP contribution in [0.15, 0.2) is 46.4 Å². The Morgan fingerprint density at radius 3 is 2.61 bits per heavy atom. The number of thiocarbonyl (C=S) groups is 1. The van der Waals surface area contributed by atoms with Gasteiger partial charge in [0, 0.05) is 10.0 Å². The Balaban J connectivity index is 2.01. The molecule has 3 rings (SSSR count). The molecule has 0 saturated carbocycles. The number of carbonyl (C=O) groups is 2. The number of rotatable bonds is 4. The quantitative estimate of drug-likeness (QED) is 0.391. The third kappa shape index (κ3) is 4.04. The van der Waals surface area contributed by atoms with Gasteiger partial charge in [0.15, 0.2) is 5.11 Å².